The van der Waals surface area contributed by atoms with E-state index in [4.69, 9.17) is 0 Å². The smallest absolute Gasteiger partial charge is 0.302 e. The Bertz CT molecular complexity index is 1060. The van der Waals surface area contributed by atoms with Crippen LogP contribution < -0.4 is 4.90 Å². The summed E-state index contributed by atoms with van der Waals surface area (Å²) in [7, 11) is 0. The van der Waals surface area contributed by atoms with Crippen LogP contribution in [-0.2, 0) is 23.9 Å². The number of anilines is 1. The second-order valence-electron chi connectivity index (χ2n) is 6.91. The molecular weight excluding hydrogens is 409 g/mol. The second kappa shape index (κ2) is 9.11. The van der Waals surface area contributed by atoms with E-state index in [2.05, 4.69) is 10.1 Å². The van der Waals surface area contributed by atoms with Crippen molar-refractivity contribution in [2.45, 2.75) is 33.0 Å². The molecule has 162 valence electrons. The lowest BCUT2D eigenvalue weighted by molar-refractivity contribution is -0.141. The average Bonchev–Trinajstić information content (AvgIpc) is 3.14. The summed E-state index contributed by atoms with van der Waals surface area (Å²) >= 11 is 0. The van der Waals surface area contributed by atoms with Crippen LogP contribution >= 0.6 is 0 Å². The number of Topliss-reactive ketones (excluding diaryl/α,β-unsaturated/α-hetero) is 1. The largest absolute Gasteiger partial charge is 0.433 e. The minimum absolute atomic E-state index is 0.0840. The van der Waals surface area contributed by atoms with Crippen molar-refractivity contribution in [2.24, 2.45) is 0 Å². The predicted octanol–water partition coefficient (Wildman–Crippen LogP) is 4.08. The first-order valence-electron chi connectivity index (χ1n) is 9.68. The zero-order valence-electron chi connectivity index (χ0n) is 17.1. The fourth-order valence-electron chi connectivity index (χ4n) is 3.08. The average molecular weight is 430 g/mol. The van der Waals surface area contributed by atoms with Crippen molar-refractivity contribution in [1.82, 2.24) is 14.8 Å². The number of alkyl halides is 3. The summed E-state index contributed by atoms with van der Waals surface area (Å²) in [5.74, 6) is -1.40. The van der Waals surface area contributed by atoms with E-state index in [0.29, 0.717) is 23.5 Å². The van der Waals surface area contributed by atoms with Gasteiger partial charge in [0.2, 0.25) is 0 Å². The molecule has 0 saturated carbocycles. The first-order chi connectivity index (χ1) is 14.7. The molecule has 1 aromatic carbocycles. The number of ketones is 1. The number of rotatable bonds is 7. The van der Waals surface area contributed by atoms with E-state index in [0.717, 1.165) is 12.3 Å². The number of carbonyl (C=O) groups is 2. The molecule has 0 bridgehead atoms. The van der Waals surface area contributed by atoms with E-state index in [1.807, 2.05) is 6.92 Å². The molecule has 2 aromatic heterocycles. The summed E-state index contributed by atoms with van der Waals surface area (Å²) in [5, 5.41) is 4.33. The maximum atomic E-state index is 13.1. The maximum Gasteiger partial charge on any atom is 0.433 e. The molecule has 0 radical (unpaired) electrons. The molecule has 0 unspecified atom stereocenters. The summed E-state index contributed by atoms with van der Waals surface area (Å²) < 4.78 is 39.8. The minimum atomic E-state index is -4.52. The molecule has 2 heterocycles. The van der Waals surface area contributed by atoms with Crippen LogP contribution in [0.1, 0.15) is 34.2 Å². The van der Waals surface area contributed by atoms with E-state index < -0.39 is 23.6 Å². The highest BCUT2D eigenvalue weighted by Gasteiger charge is 2.32. The van der Waals surface area contributed by atoms with Gasteiger partial charge >= 0.3 is 6.18 Å². The van der Waals surface area contributed by atoms with Crippen molar-refractivity contribution in [1.29, 1.82) is 0 Å². The maximum absolute atomic E-state index is 13.1. The molecule has 6 nitrogen and oxygen atoms in total. The third-order valence-electron chi connectivity index (χ3n) is 4.75. The molecular formula is C22H21F3N4O2. The molecule has 0 aliphatic rings. The van der Waals surface area contributed by atoms with Gasteiger partial charge in [0.25, 0.3) is 11.7 Å². The van der Waals surface area contributed by atoms with Crippen LogP contribution in [0, 0.1) is 6.92 Å². The minimum Gasteiger partial charge on any atom is -0.302 e. The molecule has 3 aromatic rings. The van der Waals surface area contributed by atoms with Crippen LogP contribution in [0.3, 0.4) is 0 Å². The summed E-state index contributed by atoms with van der Waals surface area (Å²) in [6.07, 6.45) is -1.49. The van der Waals surface area contributed by atoms with Crippen LogP contribution in [0.15, 0.2) is 54.9 Å². The van der Waals surface area contributed by atoms with Gasteiger partial charge in [-0.15, -0.1) is 0 Å². The third kappa shape index (κ3) is 5.17. The van der Waals surface area contributed by atoms with Crippen LogP contribution in [0.2, 0.25) is 0 Å². The zero-order chi connectivity index (χ0) is 22.6. The Hall–Kier alpha value is -3.49. The highest BCUT2D eigenvalue weighted by atomic mass is 19.4. The lowest BCUT2D eigenvalue weighted by Gasteiger charge is -2.21. The summed E-state index contributed by atoms with van der Waals surface area (Å²) in [6.45, 7) is 4.29. The first-order valence-corrected chi connectivity index (χ1v) is 9.68. The Balaban J connectivity index is 1.86. The quantitative estimate of drug-likeness (QED) is 0.418. The lowest BCUT2D eigenvalue weighted by Crippen LogP contribution is -2.38. The van der Waals surface area contributed by atoms with Gasteiger partial charge in [0.15, 0.2) is 0 Å². The number of aromatic nitrogens is 3. The number of hydrogen-bond acceptors (Lipinski definition) is 4. The number of carbonyl (C=O) groups excluding carboxylic acids is 2. The number of aryl methyl sites for hydroxylation is 2. The fraction of sp³-hybridized carbons (Fsp3) is 0.273. The topological polar surface area (TPSA) is 68.1 Å². The zero-order valence-corrected chi connectivity index (χ0v) is 17.1. The molecule has 1 amide bonds. The van der Waals surface area contributed by atoms with Crippen LogP contribution in [0.4, 0.5) is 18.9 Å². The predicted molar refractivity (Wildman–Crippen MR) is 109 cm³/mol. The molecule has 0 spiro atoms. The van der Waals surface area contributed by atoms with E-state index in [-0.39, 0.29) is 18.5 Å². The Labute approximate surface area is 177 Å². The van der Waals surface area contributed by atoms with Gasteiger partial charge in [-0.25, -0.2) is 0 Å². The number of amides is 1. The summed E-state index contributed by atoms with van der Waals surface area (Å²) in [5.41, 5.74) is 0.842. The summed E-state index contributed by atoms with van der Waals surface area (Å²) in [4.78, 5) is 30.6. The number of pyridine rings is 1. The van der Waals surface area contributed by atoms with Gasteiger partial charge < -0.3 is 4.90 Å². The van der Waals surface area contributed by atoms with Crippen molar-refractivity contribution < 1.29 is 22.8 Å². The van der Waals surface area contributed by atoms with Gasteiger partial charge in [0, 0.05) is 31.0 Å². The molecule has 0 aliphatic heterocycles. The van der Waals surface area contributed by atoms with Crippen molar-refractivity contribution >= 4 is 17.4 Å². The monoisotopic (exact) mass is 430 g/mol. The number of benzene rings is 1. The molecule has 0 fully saturated rings. The number of hydrogen-bond donors (Lipinski definition) is 0. The highest BCUT2D eigenvalue weighted by molar-refractivity contribution is 6.47. The molecule has 0 aliphatic carbocycles. The number of nitrogens with zero attached hydrogens (tertiary/aromatic N) is 4. The third-order valence-corrected chi connectivity index (χ3v) is 4.75. The number of halogens is 3. The van der Waals surface area contributed by atoms with Gasteiger partial charge in [-0.2, -0.15) is 18.3 Å². The molecule has 9 heteroatoms. The van der Waals surface area contributed by atoms with E-state index in [1.54, 1.807) is 48.1 Å². The molecule has 0 saturated heterocycles. The van der Waals surface area contributed by atoms with Gasteiger partial charge in [-0.1, -0.05) is 36.4 Å². The van der Waals surface area contributed by atoms with Gasteiger partial charge in [0.05, 0.1) is 11.4 Å². The van der Waals surface area contributed by atoms with Gasteiger partial charge in [0.1, 0.15) is 5.69 Å². The fourth-order valence-corrected chi connectivity index (χ4v) is 3.08. The highest BCUT2D eigenvalue weighted by Crippen LogP contribution is 2.27. The van der Waals surface area contributed by atoms with Crippen molar-refractivity contribution in [3.8, 4) is 0 Å². The van der Waals surface area contributed by atoms with Crippen molar-refractivity contribution in [2.75, 3.05) is 11.4 Å². The van der Waals surface area contributed by atoms with E-state index in [1.165, 1.54) is 11.0 Å². The van der Waals surface area contributed by atoms with Crippen LogP contribution in [0.5, 0.6) is 0 Å². The van der Waals surface area contributed by atoms with Crippen molar-refractivity contribution in [3.05, 3.63) is 77.4 Å². The Kier molecular flexibility index (Phi) is 6.53. The first kappa shape index (κ1) is 22.2. The Morgan fingerprint density at radius 1 is 1.10 bits per heavy atom. The Morgan fingerprint density at radius 2 is 1.81 bits per heavy atom. The second-order valence-corrected chi connectivity index (χ2v) is 6.91. The molecule has 0 N–H and O–H groups in total. The molecule has 3 rings (SSSR count). The van der Waals surface area contributed by atoms with E-state index >= 15 is 0 Å². The molecule has 31 heavy (non-hydrogen) atoms. The van der Waals surface area contributed by atoms with E-state index in [9.17, 15) is 22.8 Å². The Morgan fingerprint density at radius 3 is 2.35 bits per heavy atom. The van der Waals surface area contributed by atoms with Crippen LogP contribution in [-0.4, -0.2) is 33.0 Å². The molecule has 0 atom stereocenters. The van der Waals surface area contributed by atoms with Crippen molar-refractivity contribution in [3.63, 3.8) is 0 Å². The summed E-state index contributed by atoms with van der Waals surface area (Å²) in [6, 6.07) is 10.4. The lowest BCUT2D eigenvalue weighted by atomic mass is 10.1. The standard InChI is InChI=1S/C22H21F3N4O2/c1-3-28-14-18(15(2)27-28)29(21(31)20(30)17-7-5-4-6-8-17)12-11-16-9-10-19(26-13-16)22(23,24)25/h4-10,13-14H,3,11-12H2,1-2H3. The SMILES string of the molecule is CCn1cc(N(CCc2ccc(C(F)(F)F)nc2)C(=O)C(=O)c2ccccc2)c(C)n1. The van der Waals surface area contributed by atoms with Gasteiger partial charge in [-0.05, 0) is 31.9 Å². The normalized spacial score (nSPS) is 11.4. The van der Waals surface area contributed by atoms with Gasteiger partial charge in [-0.3, -0.25) is 19.3 Å². The van der Waals surface area contributed by atoms with Crippen LogP contribution in [0.25, 0.3) is 0 Å².